The Morgan fingerprint density at radius 2 is 2.30 bits per heavy atom. The van der Waals surface area contributed by atoms with Crippen LogP contribution in [0.2, 0.25) is 0 Å². The zero-order valence-corrected chi connectivity index (χ0v) is 16.2. The van der Waals surface area contributed by atoms with Gasteiger partial charge >= 0.3 is 0 Å². The molecule has 6 nitrogen and oxygen atoms in total. The second-order valence-corrected chi connectivity index (χ2v) is 7.92. The van der Waals surface area contributed by atoms with Crippen LogP contribution in [-0.4, -0.2) is 28.2 Å². The summed E-state index contributed by atoms with van der Waals surface area (Å²) in [6, 6.07) is 8.94. The number of benzene rings is 1. The lowest BCUT2D eigenvalue weighted by molar-refractivity contribution is 0.0950. The number of carbonyl (C=O) groups excluding carboxylic acids is 1. The molecule has 1 aromatic carbocycles. The molecule has 1 aliphatic heterocycles. The summed E-state index contributed by atoms with van der Waals surface area (Å²) in [5, 5.41) is 5.37. The molecule has 0 bridgehead atoms. The highest BCUT2D eigenvalue weighted by molar-refractivity contribution is 7.71. The van der Waals surface area contributed by atoms with Crippen molar-refractivity contribution in [1.82, 2.24) is 14.9 Å². The highest BCUT2D eigenvalue weighted by atomic mass is 32.1. The van der Waals surface area contributed by atoms with Gasteiger partial charge in [-0.2, -0.15) is 0 Å². The van der Waals surface area contributed by atoms with Crippen molar-refractivity contribution in [2.75, 3.05) is 6.61 Å². The van der Waals surface area contributed by atoms with Crippen molar-refractivity contribution in [3.8, 4) is 0 Å². The van der Waals surface area contributed by atoms with Crippen molar-refractivity contribution in [3.63, 3.8) is 0 Å². The Morgan fingerprint density at radius 1 is 1.41 bits per heavy atom. The van der Waals surface area contributed by atoms with Crippen LogP contribution in [0.3, 0.4) is 0 Å². The van der Waals surface area contributed by atoms with Crippen LogP contribution in [0.25, 0.3) is 10.9 Å². The number of H-pyrrole nitrogens is 1. The second kappa shape index (κ2) is 7.75. The van der Waals surface area contributed by atoms with Gasteiger partial charge in [-0.15, -0.1) is 11.3 Å². The van der Waals surface area contributed by atoms with Gasteiger partial charge in [-0.1, -0.05) is 6.07 Å². The molecule has 140 valence electrons. The summed E-state index contributed by atoms with van der Waals surface area (Å²) in [5.41, 5.74) is 0.896. The number of nitrogens with one attached hydrogen (secondary N) is 2. The molecule has 1 amide bonds. The topological polar surface area (TPSA) is 76.1 Å². The van der Waals surface area contributed by atoms with Crippen LogP contribution in [0, 0.1) is 4.77 Å². The van der Waals surface area contributed by atoms with E-state index in [1.807, 2.05) is 17.5 Å². The SMILES string of the molecule is O=C(NCc1cccs1)c1ccc2c(=O)n(CC3CCCO3)c(=S)[nH]c2c1. The molecular formula is C19H19N3O3S2. The Hall–Kier alpha value is -2.29. The van der Waals surface area contributed by atoms with Gasteiger partial charge in [-0.25, -0.2) is 0 Å². The van der Waals surface area contributed by atoms with Crippen molar-refractivity contribution in [2.24, 2.45) is 0 Å². The van der Waals surface area contributed by atoms with Gasteiger partial charge in [0.2, 0.25) is 0 Å². The number of hydrogen-bond donors (Lipinski definition) is 2. The molecule has 1 unspecified atom stereocenters. The molecule has 1 fully saturated rings. The van der Waals surface area contributed by atoms with Gasteiger partial charge < -0.3 is 15.0 Å². The van der Waals surface area contributed by atoms with Gasteiger partial charge in [0.1, 0.15) is 0 Å². The standard InChI is InChI=1S/C19H19N3O3S2/c23-17(20-10-14-4-2-8-27-14)12-5-6-15-16(9-12)21-19(26)22(18(15)24)11-13-3-1-7-25-13/h2,4-6,8-9,13H,1,3,7,10-11H2,(H,20,23)(H,21,26). The highest BCUT2D eigenvalue weighted by Gasteiger charge is 2.18. The average Bonchev–Trinajstić information content (AvgIpc) is 3.36. The number of ether oxygens (including phenoxy) is 1. The van der Waals surface area contributed by atoms with Crippen molar-refractivity contribution in [1.29, 1.82) is 0 Å². The van der Waals surface area contributed by atoms with Crippen LogP contribution >= 0.6 is 23.6 Å². The predicted octanol–water partition coefficient (Wildman–Crippen LogP) is 3.23. The summed E-state index contributed by atoms with van der Waals surface area (Å²) >= 11 is 6.96. The summed E-state index contributed by atoms with van der Waals surface area (Å²) in [6.07, 6.45) is 1.97. The third-order valence-electron chi connectivity index (χ3n) is 4.66. The largest absolute Gasteiger partial charge is 0.376 e. The average molecular weight is 402 g/mol. The zero-order valence-electron chi connectivity index (χ0n) is 14.6. The number of carbonyl (C=O) groups is 1. The third kappa shape index (κ3) is 3.87. The second-order valence-electron chi connectivity index (χ2n) is 6.50. The molecule has 2 aromatic heterocycles. The van der Waals surface area contributed by atoms with E-state index in [1.165, 1.54) is 0 Å². The summed E-state index contributed by atoms with van der Waals surface area (Å²) < 4.78 is 7.51. The maximum atomic E-state index is 12.8. The summed E-state index contributed by atoms with van der Waals surface area (Å²) in [5.74, 6) is -0.187. The first-order valence-corrected chi connectivity index (χ1v) is 10.1. The number of aromatic amines is 1. The quantitative estimate of drug-likeness (QED) is 0.644. The number of hydrogen-bond acceptors (Lipinski definition) is 5. The van der Waals surface area contributed by atoms with Crippen molar-refractivity contribution < 1.29 is 9.53 Å². The molecule has 8 heteroatoms. The van der Waals surface area contributed by atoms with Crippen molar-refractivity contribution in [2.45, 2.75) is 32.0 Å². The van der Waals surface area contributed by atoms with Crippen LogP contribution in [0.15, 0.2) is 40.5 Å². The third-order valence-corrected chi connectivity index (χ3v) is 5.86. The predicted molar refractivity (Wildman–Crippen MR) is 108 cm³/mol. The van der Waals surface area contributed by atoms with E-state index in [1.54, 1.807) is 34.1 Å². The fourth-order valence-corrected chi connectivity index (χ4v) is 4.15. The first-order chi connectivity index (χ1) is 13.1. The van der Waals surface area contributed by atoms with E-state index in [0.717, 1.165) is 24.3 Å². The molecule has 2 N–H and O–H groups in total. The number of fused-ring (bicyclic) bond motifs is 1. The van der Waals surface area contributed by atoms with Gasteiger partial charge in [-0.05, 0) is 54.7 Å². The maximum Gasteiger partial charge on any atom is 0.262 e. The minimum absolute atomic E-state index is 0.0255. The van der Waals surface area contributed by atoms with E-state index in [0.29, 0.717) is 34.3 Å². The van der Waals surface area contributed by atoms with E-state index in [2.05, 4.69) is 10.3 Å². The van der Waals surface area contributed by atoms with E-state index in [4.69, 9.17) is 17.0 Å². The van der Waals surface area contributed by atoms with Crippen LogP contribution in [0.4, 0.5) is 0 Å². The van der Waals surface area contributed by atoms with Crippen LogP contribution in [0.5, 0.6) is 0 Å². The maximum absolute atomic E-state index is 12.8. The Morgan fingerprint density at radius 3 is 3.04 bits per heavy atom. The summed E-state index contributed by atoms with van der Waals surface area (Å²) in [6.45, 7) is 1.66. The first-order valence-electron chi connectivity index (χ1n) is 8.81. The molecule has 0 aliphatic carbocycles. The molecule has 3 aromatic rings. The Balaban J connectivity index is 1.59. The van der Waals surface area contributed by atoms with E-state index < -0.39 is 0 Å². The van der Waals surface area contributed by atoms with Crippen LogP contribution < -0.4 is 10.9 Å². The fourth-order valence-electron chi connectivity index (χ4n) is 3.24. The summed E-state index contributed by atoms with van der Waals surface area (Å²) in [4.78, 5) is 29.4. The molecule has 0 radical (unpaired) electrons. The fraction of sp³-hybridized carbons (Fsp3) is 0.316. The first kappa shape index (κ1) is 18.1. The molecule has 27 heavy (non-hydrogen) atoms. The van der Waals surface area contributed by atoms with E-state index >= 15 is 0 Å². The number of nitrogens with zero attached hydrogens (tertiary/aromatic N) is 1. The number of rotatable bonds is 5. The van der Waals surface area contributed by atoms with Gasteiger partial charge in [0.25, 0.3) is 11.5 Å². The lowest BCUT2D eigenvalue weighted by atomic mass is 10.1. The number of amides is 1. The van der Waals surface area contributed by atoms with Gasteiger partial charge in [-0.3, -0.25) is 14.2 Å². The Labute approximate surface area is 164 Å². The Kier molecular flexibility index (Phi) is 5.20. The molecule has 3 heterocycles. The molecule has 0 spiro atoms. The minimum Gasteiger partial charge on any atom is -0.376 e. The monoisotopic (exact) mass is 401 g/mol. The van der Waals surface area contributed by atoms with Gasteiger partial charge in [0, 0.05) is 17.0 Å². The smallest absolute Gasteiger partial charge is 0.262 e. The lowest BCUT2D eigenvalue weighted by Gasteiger charge is -2.13. The molecule has 1 aliphatic rings. The molecular weight excluding hydrogens is 382 g/mol. The number of aromatic nitrogens is 2. The Bertz CT molecular complexity index is 1080. The van der Waals surface area contributed by atoms with E-state index in [-0.39, 0.29) is 17.6 Å². The summed E-state index contributed by atoms with van der Waals surface area (Å²) in [7, 11) is 0. The van der Waals surface area contributed by atoms with Gasteiger partial charge in [0.15, 0.2) is 4.77 Å². The van der Waals surface area contributed by atoms with E-state index in [9.17, 15) is 9.59 Å². The molecule has 0 saturated carbocycles. The highest BCUT2D eigenvalue weighted by Crippen LogP contribution is 2.16. The van der Waals surface area contributed by atoms with Crippen LogP contribution in [-0.2, 0) is 17.8 Å². The normalized spacial score (nSPS) is 16.7. The number of thiophene rings is 1. The van der Waals surface area contributed by atoms with Gasteiger partial charge in [0.05, 0.1) is 30.1 Å². The minimum atomic E-state index is -0.187. The molecule has 1 saturated heterocycles. The van der Waals surface area contributed by atoms with Crippen LogP contribution in [0.1, 0.15) is 28.1 Å². The molecule has 4 rings (SSSR count). The van der Waals surface area contributed by atoms with Crippen molar-refractivity contribution >= 4 is 40.4 Å². The van der Waals surface area contributed by atoms with Crippen molar-refractivity contribution in [3.05, 3.63) is 61.3 Å². The zero-order chi connectivity index (χ0) is 18.8. The molecule has 1 atom stereocenters. The lowest BCUT2D eigenvalue weighted by Crippen LogP contribution is -2.28.